The highest BCUT2D eigenvalue weighted by molar-refractivity contribution is 7.10. The molecule has 2 atom stereocenters. The van der Waals surface area contributed by atoms with Crippen LogP contribution in [0.2, 0.25) is 0 Å². The fourth-order valence-corrected chi connectivity index (χ4v) is 3.16. The van der Waals surface area contributed by atoms with Crippen molar-refractivity contribution in [2.24, 2.45) is 0 Å². The summed E-state index contributed by atoms with van der Waals surface area (Å²) in [7, 11) is 0. The van der Waals surface area contributed by atoms with Gasteiger partial charge in [0.2, 0.25) is 0 Å². The molecule has 0 aliphatic carbocycles. The zero-order valence-corrected chi connectivity index (χ0v) is 13.5. The Labute approximate surface area is 133 Å². The first kappa shape index (κ1) is 16.9. The highest BCUT2D eigenvalue weighted by Gasteiger charge is 2.29. The number of carboxylic acid groups (broad SMARTS) is 1. The predicted octanol–water partition coefficient (Wildman–Crippen LogP) is 1.86. The number of ether oxygens (including phenoxy) is 2. The summed E-state index contributed by atoms with van der Waals surface area (Å²) < 4.78 is 10.7. The number of hydrogen-bond acceptors (Lipinski definition) is 5. The third-order valence-electron chi connectivity index (χ3n) is 3.48. The number of nitrogens with one attached hydrogen (secondary N) is 1. The van der Waals surface area contributed by atoms with Gasteiger partial charge in [0.05, 0.1) is 24.3 Å². The van der Waals surface area contributed by atoms with Gasteiger partial charge in [-0.05, 0) is 18.4 Å². The Kier molecular flexibility index (Phi) is 5.93. The minimum absolute atomic E-state index is 0.178. The zero-order chi connectivity index (χ0) is 16.1. The van der Waals surface area contributed by atoms with Gasteiger partial charge in [-0.1, -0.05) is 13.8 Å². The highest BCUT2D eigenvalue weighted by atomic mass is 32.1. The number of rotatable bonds is 6. The van der Waals surface area contributed by atoms with Crippen LogP contribution in [0.5, 0.6) is 0 Å². The number of carbonyl (C=O) groups is 2. The number of amides is 1. The molecule has 1 aliphatic heterocycles. The van der Waals surface area contributed by atoms with Crippen molar-refractivity contribution in [3.8, 4) is 0 Å². The Morgan fingerprint density at radius 3 is 2.95 bits per heavy atom. The van der Waals surface area contributed by atoms with E-state index in [1.54, 1.807) is 11.3 Å². The van der Waals surface area contributed by atoms with E-state index in [0.29, 0.717) is 31.1 Å². The number of carbonyl (C=O) groups excluding carboxylic acids is 1. The van der Waals surface area contributed by atoms with Gasteiger partial charge in [-0.25, -0.2) is 4.79 Å². The lowest BCUT2D eigenvalue weighted by Gasteiger charge is -2.31. The van der Waals surface area contributed by atoms with Crippen LogP contribution in [0.3, 0.4) is 0 Å². The molecule has 1 aromatic heterocycles. The van der Waals surface area contributed by atoms with E-state index in [9.17, 15) is 9.59 Å². The van der Waals surface area contributed by atoms with E-state index in [1.165, 1.54) is 0 Å². The molecule has 22 heavy (non-hydrogen) atoms. The molecule has 1 aliphatic rings. The first-order valence-electron chi connectivity index (χ1n) is 7.27. The maximum absolute atomic E-state index is 12.3. The van der Waals surface area contributed by atoms with Crippen molar-refractivity contribution in [1.29, 1.82) is 0 Å². The van der Waals surface area contributed by atoms with E-state index < -0.39 is 5.97 Å². The lowest BCUT2D eigenvalue weighted by Crippen LogP contribution is -2.50. The fraction of sp³-hybridized carbons (Fsp3) is 0.600. The average molecular weight is 327 g/mol. The van der Waals surface area contributed by atoms with E-state index >= 15 is 0 Å². The highest BCUT2D eigenvalue weighted by Crippen LogP contribution is 2.23. The molecule has 1 saturated heterocycles. The Bertz CT molecular complexity index is 528. The fourth-order valence-electron chi connectivity index (χ4n) is 2.26. The van der Waals surface area contributed by atoms with Crippen LogP contribution in [0.15, 0.2) is 11.4 Å². The predicted molar refractivity (Wildman–Crippen MR) is 82.5 cm³/mol. The molecular formula is C15H21NO5S. The van der Waals surface area contributed by atoms with Crippen molar-refractivity contribution in [3.05, 3.63) is 21.9 Å². The Hall–Kier alpha value is -1.44. The van der Waals surface area contributed by atoms with Crippen LogP contribution < -0.4 is 5.32 Å². The number of carboxylic acids is 1. The molecule has 0 radical (unpaired) electrons. The molecule has 0 bridgehead atoms. The normalized spacial score (nSPS) is 21.8. The van der Waals surface area contributed by atoms with Gasteiger partial charge in [0.15, 0.2) is 0 Å². The largest absolute Gasteiger partial charge is 0.480 e. The van der Waals surface area contributed by atoms with Crippen LogP contribution in [-0.4, -0.2) is 48.9 Å². The molecule has 1 amide bonds. The lowest BCUT2D eigenvalue weighted by molar-refractivity contribution is -0.147. The molecule has 2 N–H and O–H groups in total. The van der Waals surface area contributed by atoms with Gasteiger partial charge in [0.1, 0.15) is 6.61 Å². The lowest BCUT2D eigenvalue weighted by atomic mass is 10.1. The summed E-state index contributed by atoms with van der Waals surface area (Å²) >= 11 is 1.56. The molecule has 0 spiro atoms. The molecule has 6 nitrogen and oxygen atoms in total. The first-order chi connectivity index (χ1) is 10.5. The van der Waals surface area contributed by atoms with Gasteiger partial charge in [-0.3, -0.25) is 4.79 Å². The second-order valence-electron chi connectivity index (χ2n) is 5.58. The van der Waals surface area contributed by atoms with Crippen LogP contribution in [-0.2, 0) is 14.3 Å². The minimum atomic E-state index is -1.02. The van der Waals surface area contributed by atoms with Crippen molar-refractivity contribution in [2.45, 2.75) is 38.3 Å². The standard InChI is InChI=1S/C15H21NO5S/c1-9(2)13-5-10(8-22-13)15(19)16-11-6-20-4-3-12(11)21-7-14(17)18/h5,8-9,11-12H,3-4,6-7H2,1-2H3,(H,16,19)(H,17,18)/t11-,12+/m1/s1. The molecule has 1 fully saturated rings. The number of hydrogen-bond donors (Lipinski definition) is 2. The van der Waals surface area contributed by atoms with Gasteiger partial charge in [-0.2, -0.15) is 0 Å². The van der Waals surface area contributed by atoms with Gasteiger partial charge in [0.25, 0.3) is 5.91 Å². The molecular weight excluding hydrogens is 306 g/mol. The van der Waals surface area contributed by atoms with E-state index in [-0.39, 0.29) is 24.7 Å². The summed E-state index contributed by atoms with van der Waals surface area (Å²) in [6, 6.07) is 1.56. The van der Waals surface area contributed by atoms with Crippen molar-refractivity contribution < 1.29 is 24.2 Å². The Morgan fingerprint density at radius 1 is 1.55 bits per heavy atom. The van der Waals surface area contributed by atoms with Crippen LogP contribution in [0.1, 0.15) is 41.4 Å². The third kappa shape index (κ3) is 4.53. The summed E-state index contributed by atoms with van der Waals surface area (Å²) in [5.41, 5.74) is 0.622. The van der Waals surface area contributed by atoms with Crippen LogP contribution in [0.4, 0.5) is 0 Å². The summed E-state index contributed by atoms with van der Waals surface area (Å²) in [6.45, 7) is 4.63. The van der Waals surface area contributed by atoms with Crippen LogP contribution in [0, 0.1) is 0 Å². The average Bonchev–Trinajstić information content (AvgIpc) is 2.96. The monoisotopic (exact) mass is 327 g/mol. The maximum Gasteiger partial charge on any atom is 0.329 e. The molecule has 0 aromatic carbocycles. The van der Waals surface area contributed by atoms with Crippen molar-refractivity contribution in [1.82, 2.24) is 5.32 Å². The van der Waals surface area contributed by atoms with Gasteiger partial charge in [0, 0.05) is 16.9 Å². The van der Waals surface area contributed by atoms with E-state index in [2.05, 4.69) is 19.2 Å². The first-order valence-corrected chi connectivity index (χ1v) is 8.15. The summed E-state index contributed by atoms with van der Waals surface area (Å²) in [5, 5.41) is 13.4. The topological polar surface area (TPSA) is 84.9 Å². The number of thiophene rings is 1. The van der Waals surface area contributed by atoms with E-state index in [0.717, 1.165) is 4.88 Å². The molecule has 2 rings (SSSR count). The second kappa shape index (κ2) is 7.71. The van der Waals surface area contributed by atoms with Crippen molar-refractivity contribution >= 4 is 23.2 Å². The molecule has 0 unspecified atom stereocenters. The van der Waals surface area contributed by atoms with Crippen molar-refractivity contribution in [2.75, 3.05) is 19.8 Å². The second-order valence-corrected chi connectivity index (χ2v) is 6.52. The van der Waals surface area contributed by atoms with Gasteiger partial charge < -0.3 is 19.9 Å². The van der Waals surface area contributed by atoms with Crippen LogP contribution in [0.25, 0.3) is 0 Å². The summed E-state index contributed by atoms with van der Waals surface area (Å²) in [6.07, 6.45) is 0.232. The molecule has 1 aromatic rings. The summed E-state index contributed by atoms with van der Waals surface area (Å²) in [5.74, 6) is -0.810. The maximum atomic E-state index is 12.3. The minimum Gasteiger partial charge on any atom is -0.480 e. The van der Waals surface area contributed by atoms with E-state index in [4.69, 9.17) is 14.6 Å². The van der Waals surface area contributed by atoms with E-state index in [1.807, 2.05) is 11.4 Å². The number of aliphatic carboxylic acids is 1. The third-order valence-corrected chi connectivity index (χ3v) is 4.71. The zero-order valence-electron chi connectivity index (χ0n) is 12.7. The molecule has 0 saturated carbocycles. The van der Waals surface area contributed by atoms with Crippen LogP contribution >= 0.6 is 11.3 Å². The molecule has 122 valence electrons. The van der Waals surface area contributed by atoms with Gasteiger partial charge in [-0.15, -0.1) is 11.3 Å². The Morgan fingerprint density at radius 2 is 2.32 bits per heavy atom. The smallest absolute Gasteiger partial charge is 0.329 e. The van der Waals surface area contributed by atoms with Crippen molar-refractivity contribution in [3.63, 3.8) is 0 Å². The van der Waals surface area contributed by atoms with Gasteiger partial charge >= 0.3 is 5.97 Å². The summed E-state index contributed by atoms with van der Waals surface area (Å²) in [4.78, 5) is 24.1. The quantitative estimate of drug-likeness (QED) is 0.833. The Balaban J connectivity index is 1.96. The SMILES string of the molecule is CC(C)c1cc(C(=O)N[C@@H]2COCC[C@@H]2OCC(=O)O)cs1. The molecule has 2 heterocycles. The molecule has 7 heteroatoms.